The van der Waals surface area contributed by atoms with Crippen LogP contribution in [0.3, 0.4) is 0 Å². The molecule has 8 heteroatoms. The third-order valence-corrected chi connectivity index (χ3v) is 6.08. The van der Waals surface area contributed by atoms with E-state index in [-0.39, 0.29) is 17.0 Å². The van der Waals surface area contributed by atoms with Crippen LogP contribution in [0.4, 0.5) is 0 Å². The zero-order valence-corrected chi connectivity index (χ0v) is 14.2. The molecule has 0 bridgehead atoms. The number of rotatable bonds is 5. The summed E-state index contributed by atoms with van der Waals surface area (Å²) < 4.78 is 27.6. The Labute approximate surface area is 134 Å². The Morgan fingerprint density at radius 2 is 2.14 bits per heavy atom. The summed E-state index contributed by atoms with van der Waals surface area (Å²) in [4.78, 5) is 11.9. The molecule has 1 aromatic carbocycles. The molecule has 1 heterocycles. The lowest BCUT2D eigenvalue weighted by Crippen LogP contribution is -2.24. The van der Waals surface area contributed by atoms with Crippen molar-refractivity contribution in [3.8, 4) is 0 Å². The molecule has 0 aliphatic rings. The molecule has 2 aromatic rings. The molecule has 0 radical (unpaired) electrons. The van der Waals surface area contributed by atoms with Gasteiger partial charge in [-0.3, -0.25) is 0 Å². The van der Waals surface area contributed by atoms with Gasteiger partial charge in [-0.15, -0.1) is 11.3 Å². The van der Waals surface area contributed by atoms with Crippen molar-refractivity contribution in [1.29, 1.82) is 0 Å². The Bertz CT molecular complexity index is 770. The molecule has 0 atom stereocenters. The first-order valence-corrected chi connectivity index (χ1v) is 9.02. The van der Waals surface area contributed by atoms with E-state index in [0.717, 1.165) is 4.88 Å². The average Bonchev–Trinajstić information content (AvgIpc) is 2.92. The first-order chi connectivity index (χ1) is 9.81. The van der Waals surface area contributed by atoms with Crippen LogP contribution in [-0.4, -0.2) is 19.5 Å². The van der Waals surface area contributed by atoms with E-state index in [4.69, 9.17) is 5.11 Å². The second kappa shape index (κ2) is 6.27. The van der Waals surface area contributed by atoms with Gasteiger partial charge in [0.1, 0.15) is 0 Å². The van der Waals surface area contributed by atoms with Gasteiger partial charge in [0.15, 0.2) is 0 Å². The van der Waals surface area contributed by atoms with E-state index < -0.39 is 16.0 Å². The minimum absolute atomic E-state index is 0.0363. The van der Waals surface area contributed by atoms with Gasteiger partial charge >= 0.3 is 5.97 Å². The van der Waals surface area contributed by atoms with Gasteiger partial charge in [0.05, 0.1) is 10.5 Å². The molecule has 1 aromatic heterocycles. The third kappa shape index (κ3) is 3.70. The van der Waals surface area contributed by atoms with Crippen LogP contribution in [0.1, 0.15) is 20.8 Å². The van der Waals surface area contributed by atoms with Gasteiger partial charge in [-0.1, -0.05) is 22.0 Å². The summed E-state index contributed by atoms with van der Waals surface area (Å²) >= 11 is 4.64. The second-order valence-electron chi connectivity index (χ2n) is 4.29. The van der Waals surface area contributed by atoms with E-state index in [2.05, 4.69) is 20.7 Å². The highest BCUT2D eigenvalue weighted by Gasteiger charge is 2.21. The minimum Gasteiger partial charge on any atom is -0.478 e. The zero-order chi connectivity index (χ0) is 15.6. The summed E-state index contributed by atoms with van der Waals surface area (Å²) in [7, 11) is -3.78. The van der Waals surface area contributed by atoms with Crippen molar-refractivity contribution in [2.45, 2.75) is 18.4 Å². The Kier molecular flexibility index (Phi) is 4.82. The molecule has 2 N–H and O–H groups in total. The Hall–Kier alpha value is -1.22. The largest absolute Gasteiger partial charge is 0.478 e. The number of hydrogen-bond acceptors (Lipinski definition) is 4. The van der Waals surface area contributed by atoms with Crippen molar-refractivity contribution in [3.63, 3.8) is 0 Å². The maximum atomic E-state index is 12.4. The van der Waals surface area contributed by atoms with Crippen LogP contribution in [0, 0.1) is 6.92 Å². The highest BCUT2D eigenvalue weighted by Crippen LogP contribution is 2.26. The lowest BCUT2D eigenvalue weighted by molar-refractivity contribution is 0.0696. The van der Waals surface area contributed by atoms with Crippen LogP contribution in [-0.2, 0) is 16.6 Å². The molecule has 112 valence electrons. The fraction of sp³-hybridized carbons (Fsp3) is 0.154. The number of hydrogen-bond donors (Lipinski definition) is 2. The van der Waals surface area contributed by atoms with Crippen molar-refractivity contribution >= 4 is 43.3 Å². The topological polar surface area (TPSA) is 83.5 Å². The van der Waals surface area contributed by atoms with Crippen LogP contribution in [0.2, 0.25) is 0 Å². The lowest BCUT2D eigenvalue weighted by Gasteiger charge is -2.11. The van der Waals surface area contributed by atoms with Crippen molar-refractivity contribution < 1.29 is 18.3 Å². The quantitative estimate of drug-likeness (QED) is 0.822. The predicted octanol–water partition coefficient (Wildman–Crippen LogP) is 3.00. The number of nitrogens with one attached hydrogen (secondary N) is 1. The number of sulfonamides is 1. The molecule has 0 amide bonds. The van der Waals surface area contributed by atoms with Crippen LogP contribution in [0.25, 0.3) is 0 Å². The number of halogens is 1. The van der Waals surface area contributed by atoms with Gasteiger partial charge in [0.2, 0.25) is 10.0 Å². The number of carboxylic acid groups (broad SMARTS) is 1. The monoisotopic (exact) mass is 389 g/mol. The summed E-state index contributed by atoms with van der Waals surface area (Å²) in [5.74, 6) is -1.18. The summed E-state index contributed by atoms with van der Waals surface area (Å²) in [5.41, 5.74) is 0.391. The molecule has 0 saturated heterocycles. The number of carboxylic acids is 1. The Morgan fingerprint density at radius 3 is 2.71 bits per heavy atom. The van der Waals surface area contributed by atoms with E-state index in [1.807, 2.05) is 17.5 Å². The molecule has 0 fully saturated rings. The molecular formula is C13H12BrNO4S2. The van der Waals surface area contributed by atoms with Crippen molar-refractivity contribution in [3.05, 3.63) is 50.1 Å². The number of carbonyl (C=O) groups is 1. The lowest BCUT2D eigenvalue weighted by atomic mass is 10.1. The summed E-state index contributed by atoms with van der Waals surface area (Å²) in [6, 6.07) is 6.21. The Balaban J connectivity index is 2.37. The van der Waals surface area contributed by atoms with Gasteiger partial charge in [-0.2, -0.15) is 0 Å². The van der Waals surface area contributed by atoms with E-state index in [1.165, 1.54) is 23.5 Å². The Morgan fingerprint density at radius 1 is 1.43 bits per heavy atom. The van der Waals surface area contributed by atoms with E-state index in [9.17, 15) is 13.2 Å². The third-order valence-electron chi connectivity index (χ3n) is 2.85. The first-order valence-electron chi connectivity index (χ1n) is 5.87. The average molecular weight is 390 g/mol. The molecule has 2 rings (SSSR count). The SMILES string of the molecule is Cc1c(Br)cc(C(=O)O)cc1S(=O)(=O)NCc1cccs1. The molecule has 21 heavy (non-hydrogen) atoms. The molecule has 0 saturated carbocycles. The molecule has 0 aliphatic carbocycles. The van der Waals surface area contributed by atoms with Crippen LogP contribution in [0.5, 0.6) is 0 Å². The highest BCUT2D eigenvalue weighted by molar-refractivity contribution is 9.10. The van der Waals surface area contributed by atoms with Crippen LogP contribution < -0.4 is 4.72 Å². The molecule has 0 unspecified atom stereocenters. The number of benzene rings is 1. The molecule has 0 spiro atoms. The number of aromatic carboxylic acids is 1. The molecule has 0 aliphatic heterocycles. The second-order valence-corrected chi connectivity index (χ2v) is 7.91. The maximum absolute atomic E-state index is 12.4. The van der Waals surface area contributed by atoms with Gasteiger partial charge in [-0.05, 0) is 36.1 Å². The van der Waals surface area contributed by atoms with E-state index >= 15 is 0 Å². The van der Waals surface area contributed by atoms with Crippen LogP contribution in [0.15, 0.2) is 39.0 Å². The minimum atomic E-state index is -3.78. The molecular weight excluding hydrogens is 378 g/mol. The summed E-state index contributed by atoms with van der Waals surface area (Å²) in [6.45, 7) is 1.80. The van der Waals surface area contributed by atoms with Crippen molar-refractivity contribution in [2.75, 3.05) is 0 Å². The van der Waals surface area contributed by atoms with E-state index in [0.29, 0.717) is 10.0 Å². The predicted molar refractivity (Wildman–Crippen MR) is 84.2 cm³/mol. The van der Waals surface area contributed by atoms with Gasteiger partial charge < -0.3 is 5.11 Å². The van der Waals surface area contributed by atoms with Crippen molar-refractivity contribution in [1.82, 2.24) is 4.72 Å². The summed E-state index contributed by atoms with van der Waals surface area (Å²) in [5, 5.41) is 10.9. The normalized spacial score (nSPS) is 11.5. The highest BCUT2D eigenvalue weighted by atomic mass is 79.9. The maximum Gasteiger partial charge on any atom is 0.335 e. The van der Waals surface area contributed by atoms with Gasteiger partial charge in [-0.25, -0.2) is 17.9 Å². The smallest absolute Gasteiger partial charge is 0.335 e. The fourth-order valence-corrected chi connectivity index (χ4v) is 4.34. The van der Waals surface area contributed by atoms with Gasteiger partial charge in [0.25, 0.3) is 0 Å². The first kappa shape index (κ1) is 16.2. The van der Waals surface area contributed by atoms with Crippen molar-refractivity contribution in [2.24, 2.45) is 0 Å². The fourth-order valence-electron chi connectivity index (χ4n) is 1.71. The van der Waals surface area contributed by atoms with E-state index in [1.54, 1.807) is 6.92 Å². The number of thiophene rings is 1. The molecule has 5 nitrogen and oxygen atoms in total. The van der Waals surface area contributed by atoms with Crippen LogP contribution >= 0.6 is 27.3 Å². The standard InChI is InChI=1S/C13H12BrNO4S2/c1-8-11(14)5-9(13(16)17)6-12(8)21(18,19)15-7-10-3-2-4-20-10/h2-6,15H,7H2,1H3,(H,16,17). The summed E-state index contributed by atoms with van der Waals surface area (Å²) in [6.07, 6.45) is 0. The zero-order valence-electron chi connectivity index (χ0n) is 11.0. The van der Waals surface area contributed by atoms with Gasteiger partial charge in [0, 0.05) is 15.9 Å².